The Morgan fingerprint density at radius 1 is 0.466 bits per heavy atom. The van der Waals surface area contributed by atoms with Crippen LogP contribution in [0.2, 0.25) is 0 Å². The number of aliphatic hydroxyl groups excluding tert-OH is 2. The Morgan fingerprint density at radius 2 is 0.863 bits per heavy atom. The molecule has 0 aromatic heterocycles. The molecule has 1 saturated heterocycles. The van der Waals surface area contributed by atoms with Gasteiger partial charge in [-0.25, -0.2) is 4.79 Å². The van der Waals surface area contributed by atoms with Crippen LogP contribution in [0.5, 0.6) is 0 Å². The van der Waals surface area contributed by atoms with Gasteiger partial charge in [-0.1, -0.05) is 243 Å². The van der Waals surface area contributed by atoms with E-state index in [0.29, 0.717) is 19.3 Å². The second kappa shape index (κ2) is 49.8. The fourth-order valence-electron chi connectivity index (χ4n) is 9.15. The lowest BCUT2D eigenvalue weighted by Gasteiger charge is -2.40. The van der Waals surface area contributed by atoms with Gasteiger partial charge in [-0.3, -0.25) is 14.4 Å². The maximum atomic E-state index is 13.1. The lowest BCUT2D eigenvalue weighted by Crippen LogP contribution is -2.61. The third kappa shape index (κ3) is 39.9. The number of aliphatic hydroxyl groups is 2. The zero-order valence-corrected chi connectivity index (χ0v) is 46.6. The van der Waals surface area contributed by atoms with Crippen LogP contribution >= 0.6 is 0 Å². The van der Waals surface area contributed by atoms with Crippen molar-refractivity contribution in [2.24, 2.45) is 0 Å². The van der Waals surface area contributed by atoms with Crippen molar-refractivity contribution in [2.75, 3.05) is 13.2 Å². The van der Waals surface area contributed by atoms with Gasteiger partial charge < -0.3 is 39.0 Å². The largest absolute Gasteiger partial charge is 0.479 e. The second-order valence-corrected chi connectivity index (χ2v) is 20.6. The Labute approximate surface area is 444 Å². The molecule has 0 aliphatic carbocycles. The second-order valence-electron chi connectivity index (χ2n) is 20.6. The van der Waals surface area contributed by atoms with Gasteiger partial charge in [-0.15, -0.1) is 0 Å². The van der Waals surface area contributed by atoms with Crippen LogP contribution in [0.25, 0.3) is 0 Å². The molecule has 1 rings (SSSR count). The topological polar surface area (TPSA) is 175 Å². The molecule has 3 N–H and O–H groups in total. The van der Waals surface area contributed by atoms with Gasteiger partial charge >= 0.3 is 23.9 Å². The number of unbranched alkanes of at least 4 members (excludes halogenated alkanes) is 31. The molecule has 0 spiro atoms. The summed E-state index contributed by atoms with van der Waals surface area (Å²) < 4.78 is 28.4. The molecule has 12 nitrogen and oxygen atoms in total. The molecule has 0 bridgehead atoms. The molecule has 1 aliphatic heterocycles. The van der Waals surface area contributed by atoms with E-state index >= 15 is 0 Å². The molecule has 6 atom stereocenters. The van der Waals surface area contributed by atoms with Crippen molar-refractivity contribution in [3.8, 4) is 0 Å². The first-order valence-corrected chi connectivity index (χ1v) is 30.0. The van der Waals surface area contributed by atoms with Crippen LogP contribution < -0.4 is 0 Å². The Kier molecular flexibility index (Phi) is 46.4. The Hall–Kier alpha value is -3.06. The van der Waals surface area contributed by atoms with Crippen LogP contribution in [0.3, 0.4) is 0 Å². The van der Waals surface area contributed by atoms with Crippen molar-refractivity contribution in [1.82, 2.24) is 0 Å². The van der Waals surface area contributed by atoms with Crippen molar-refractivity contribution in [1.29, 1.82) is 0 Å². The van der Waals surface area contributed by atoms with E-state index in [1.807, 2.05) is 0 Å². The monoisotopic (exact) mass is 1030 g/mol. The summed E-state index contributed by atoms with van der Waals surface area (Å²) in [7, 11) is 0. The molecule has 1 heterocycles. The number of hydrogen-bond acceptors (Lipinski definition) is 11. The van der Waals surface area contributed by atoms with Gasteiger partial charge in [0.25, 0.3) is 0 Å². The number of allylic oxidation sites excluding steroid dienone is 6. The first-order chi connectivity index (χ1) is 35.6. The zero-order chi connectivity index (χ0) is 53.3. The van der Waals surface area contributed by atoms with Gasteiger partial charge in [0.15, 0.2) is 24.6 Å². The minimum atomic E-state index is -1.90. The summed E-state index contributed by atoms with van der Waals surface area (Å²) in [6.45, 7) is 5.87. The summed E-state index contributed by atoms with van der Waals surface area (Å²) in [5, 5.41) is 31.4. The third-order valence-electron chi connectivity index (χ3n) is 13.7. The van der Waals surface area contributed by atoms with Gasteiger partial charge in [-0.05, 0) is 51.4 Å². The molecule has 6 unspecified atom stereocenters. The molecule has 424 valence electrons. The number of hydrogen-bond donors (Lipinski definition) is 3. The molecule has 0 aromatic rings. The molecule has 0 amide bonds. The van der Waals surface area contributed by atoms with Crippen molar-refractivity contribution in [3.63, 3.8) is 0 Å². The highest BCUT2D eigenvalue weighted by molar-refractivity contribution is 5.74. The van der Waals surface area contributed by atoms with Crippen molar-refractivity contribution < 1.29 is 58.2 Å². The smallest absolute Gasteiger partial charge is 0.335 e. The maximum absolute atomic E-state index is 13.1. The highest BCUT2D eigenvalue weighted by atomic mass is 16.7. The van der Waals surface area contributed by atoms with E-state index in [4.69, 9.17) is 23.7 Å². The van der Waals surface area contributed by atoms with Crippen molar-refractivity contribution in [3.05, 3.63) is 36.5 Å². The highest BCUT2D eigenvalue weighted by Gasteiger charge is 2.50. The normalized spacial score (nSPS) is 18.5. The molecule has 73 heavy (non-hydrogen) atoms. The van der Waals surface area contributed by atoms with E-state index < -0.39 is 67.3 Å². The van der Waals surface area contributed by atoms with E-state index in [1.165, 1.54) is 128 Å². The summed E-state index contributed by atoms with van der Waals surface area (Å²) in [5.74, 6) is -3.12. The van der Waals surface area contributed by atoms with E-state index in [-0.39, 0.29) is 25.9 Å². The van der Waals surface area contributed by atoms with Gasteiger partial charge in [0.05, 0.1) is 6.61 Å². The van der Waals surface area contributed by atoms with E-state index in [0.717, 1.165) is 89.9 Å². The highest BCUT2D eigenvalue weighted by Crippen LogP contribution is 2.26. The minimum absolute atomic E-state index is 0.0443. The van der Waals surface area contributed by atoms with Crippen LogP contribution in [-0.2, 0) is 42.9 Å². The lowest BCUT2D eigenvalue weighted by molar-refractivity contribution is -0.301. The first-order valence-electron chi connectivity index (χ1n) is 30.0. The number of rotatable bonds is 51. The SMILES string of the molecule is CC/C=C\C/C=C\C/C=C\CCCCCCCC(=O)OC1C(OCC(COC(=O)CCCCCCCCCCCCCCCCCCCCC)OC(=O)CCCCCCCCCCC)OC(C(=O)O)C(O)C1O. The molecule has 0 saturated carbocycles. The fraction of sp³-hybridized carbons (Fsp3) is 0.836. The van der Waals surface area contributed by atoms with E-state index in [9.17, 15) is 34.5 Å². The van der Waals surface area contributed by atoms with E-state index in [2.05, 4.69) is 57.2 Å². The summed E-state index contributed by atoms with van der Waals surface area (Å²) in [4.78, 5) is 51.0. The molecular formula is C61H108O12. The van der Waals surface area contributed by atoms with Crippen molar-refractivity contribution in [2.45, 2.75) is 314 Å². The molecule has 1 aliphatic rings. The van der Waals surface area contributed by atoms with Gasteiger partial charge in [0, 0.05) is 19.3 Å². The number of carbonyl (C=O) groups is 4. The fourth-order valence-corrected chi connectivity index (χ4v) is 9.15. The minimum Gasteiger partial charge on any atom is -0.479 e. The molecule has 1 fully saturated rings. The Bertz CT molecular complexity index is 1410. The number of ether oxygens (including phenoxy) is 5. The summed E-state index contributed by atoms with van der Waals surface area (Å²) in [5.41, 5.74) is 0. The molecular weight excluding hydrogens is 925 g/mol. The number of carbonyl (C=O) groups excluding carboxylic acids is 3. The molecule has 0 aromatic carbocycles. The maximum Gasteiger partial charge on any atom is 0.335 e. The first kappa shape index (κ1) is 68.0. The van der Waals surface area contributed by atoms with Crippen molar-refractivity contribution >= 4 is 23.9 Å². The zero-order valence-electron chi connectivity index (χ0n) is 46.6. The Balaban J connectivity index is 2.61. The number of carboxylic acids is 1. The van der Waals surface area contributed by atoms with E-state index in [1.54, 1.807) is 0 Å². The lowest BCUT2D eigenvalue weighted by atomic mass is 9.98. The van der Waals surface area contributed by atoms with Crippen LogP contribution in [0.4, 0.5) is 0 Å². The molecule has 12 heteroatoms. The summed E-state index contributed by atoms with van der Waals surface area (Å²) in [6.07, 6.45) is 45.6. The summed E-state index contributed by atoms with van der Waals surface area (Å²) >= 11 is 0. The van der Waals surface area contributed by atoms with Crippen LogP contribution in [0, 0.1) is 0 Å². The van der Waals surface area contributed by atoms with Gasteiger partial charge in [-0.2, -0.15) is 0 Å². The number of carboxylic acid groups (broad SMARTS) is 1. The molecule has 0 radical (unpaired) electrons. The quantitative estimate of drug-likeness (QED) is 0.0228. The predicted molar refractivity (Wildman–Crippen MR) is 294 cm³/mol. The van der Waals surface area contributed by atoms with Gasteiger partial charge in [0.1, 0.15) is 18.8 Å². The van der Waals surface area contributed by atoms with Crippen LogP contribution in [0.1, 0.15) is 278 Å². The standard InChI is InChI=1S/C61H108O12/c1-4-7-10-13-16-19-21-23-25-26-27-28-30-31-33-36-38-41-44-47-53(62)69-50-52(71-54(63)48-45-42-39-35-18-15-12-9-6-3)51-70-61-59(57(66)56(65)58(73-61)60(67)68)72-55(64)49-46-43-40-37-34-32-29-24-22-20-17-14-11-8-5-2/h8,11,17,20,24,29,52,56-59,61,65-66H,4-7,9-10,12-16,18-19,21-23,25-28,30-51H2,1-3H3,(H,67,68)/b11-8-,20-17-,29-24-. The summed E-state index contributed by atoms with van der Waals surface area (Å²) in [6, 6.07) is 0. The average molecular weight is 1030 g/mol. The number of esters is 3. The number of aliphatic carboxylic acids is 1. The van der Waals surface area contributed by atoms with Crippen LogP contribution in [0.15, 0.2) is 36.5 Å². The Morgan fingerprint density at radius 3 is 1.32 bits per heavy atom. The van der Waals surface area contributed by atoms with Crippen LogP contribution in [-0.4, -0.2) is 89.2 Å². The predicted octanol–water partition coefficient (Wildman–Crippen LogP) is 15.2. The average Bonchev–Trinajstić information content (AvgIpc) is 3.37. The third-order valence-corrected chi connectivity index (χ3v) is 13.7. The van der Waals surface area contributed by atoms with Gasteiger partial charge in [0.2, 0.25) is 0 Å².